The van der Waals surface area contributed by atoms with Crippen LogP contribution >= 0.6 is 11.6 Å². The Kier molecular flexibility index (Phi) is 3.83. The van der Waals surface area contributed by atoms with Crippen molar-refractivity contribution in [2.45, 2.75) is 24.4 Å². The number of nitrogens with one attached hydrogen (secondary N) is 1. The molecule has 4 heterocycles. The number of fused-ring (bicyclic) bond motifs is 7. The van der Waals surface area contributed by atoms with Crippen LogP contribution in [0.5, 0.6) is 5.75 Å². The fourth-order valence-corrected chi connectivity index (χ4v) is 6.28. The highest BCUT2D eigenvalue weighted by Gasteiger charge is 2.74. The minimum Gasteiger partial charge on any atom is -0.497 e. The number of methoxy groups -OCH3 is 1. The van der Waals surface area contributed by atoms with Gasteiger partial charge in [0.25, 0.3) is 0 Å². The summed E-state index contributed by atoms with van der Waals surface area (Å²) in [5.41, 5.74) is 0.666. The molecule has 31 heavy (non-hydrogen) atoms. The van der Waals surface area contributed by atoms with Crippen LogP contribution in [-0.2, 0) is 19.9 Å². The lowest BCUT2D eigenvalue weighted by Crippen LogP contribution is -2.54. The Bertz CT molecular complexity index is 1150. The molecule has 1 N–H and O–H groups in total. The van der Waals surface area contributed by atoms with Crippen LogP contribution < -0.4 is 15.0 Å². The molecule has 0 bridgehead atoms. The van der Waals surface area contributed by atoms with Gasteiger partial charge in [0.2, 0.25) is 17.7 Å². The lowest BCUT2D eigenvalue weighted by molar-refractivity contribution is -0.135. The average molecular weight is 438 g/mol. The third-order valence-corrected chi connectivity index (χ3v) is 7.54. The molecule has 0 aromatic heterocycles. The van der Waals surface area contributed by atoms with Crippen molar-refractivity contribution >= 4 is 40.7 Å². The van der Waals surface area contributed by atoms with Gasteiger partial charge in [0.05, 0.1) is 24.6 Å². The van der Waals surface area contributed by atoms with Crippen LogP contribution in [0.25, 0.3) is 0 Å². The first kappa shape index (κ1) is 18.8. The number of nitrogens with zero attached hydrogens (tertiary/aromatic N) is 2. The van der Waals surface area contributed by atoms with Crippen LogP contribution in [0.2, 0.25) is 5.02 Å². The van der Waals surface area contributed by atoms with Gasteiger partial charge in [-0.15, -0.1) is 0 Å². The van der Waals surface area contributed by atoms with Crippen molar-refractivity contribution in [2.24, 2.45) is 11.8 Å². The minimum atomic E-state index is -1.20. The maximum Gasteiger partial charge on any atom is 0.250 e. The van der Waals surface area contributed by atoms with Gasteiger partial charge in [-0.2, -0.15) is 0 Å². The van der Waals surface area contributed by atoms with Crippen molar-refractivity contribution in [3.05, 3.63) is 53.1 Å². The van der Waals surface area contributed by atoms with Crippen molar-refractivity contribution < 1.29 is 19.1 Å². The van der Waals surface area contributed by atoms with Crippen molar-refractivity contribution in [3.63, 3.8) is 0 Å². The Balaban J connectivity index is 1.55. The molecule has 3 saturated heterocycles. The fraction of sp³-hybridized carbons (Fsp3) is 0.348. The summed E-state index contributed by atoms with van der Waals surface area (Å²) >= 11 is 6.00. The number of imide groups is 1. The van der Waals surface area contributed by atoms with E-state index >= 15 is 0 Å². The molecule has 2 aromatic rings. The van der Waals surface area contributed by atoms with E-state index < -0.39 is 17.4 Å². The minimum absolute atomic E-state index is 0.151. The van der Waals surface area contributed by atoms with Crippen molar-refractivity contribution in [1.29, 1.82) is 0 Å². The highest BCUT2D eigenvalue weighted by molar-refractivity contribution is 6.31. The van der Waals surface area contributed by atoms with E-state index in [2.05, 4.69) is 10.2 Å². The van der Waals surface area contributed by atoms with Gasteiger partial charge in [0.15, 0.2) is 0 Å². The summed E-state index contributed by atoms with van der Waals surface area (Å²) in [6.07, 6.45) is 1.66. The summed E-state index contributed by atoms with van der Waals surface area (Å²) < 4.78 is 5.42. The lowest BCUT2D eigenvalue weighted by Gasteiger charge is -2.36. The Morgan fingerprint density at radius 2 is 1.87 bits per heavy atom. The van der Waals surface area contributed by atoms with E-state index in [4.69, 9.17) is 16.3 Å². The monoisotopic (exact) mass is 437 g/mol. The normalized spacial score (nSPS) is 31.2. The molecule has 4 aliphatic heterocycles. The highest BCUT2D eigenvalue weighted by atomic mass is 35.5. The Morgan fingerprint density at radius 3 is 2.61 bits per heavy atom. The van der Waals surface area contributed by atoms with E-state index in [-0.39, 0.29) is 23.8 Å². The molecular weight excluding hydrogens is 418 g/mol. The van der Waals surface area contributed by atoms with E-state index in [0.717, 1.165) is 18.4 Å². The molecule has 2 aromatic carbocycles. The smallest absolute Gasteiger partial charge is 0.250 e. The van der Waals surface area contributed by atoms with E-state index in [0.29, 0.717) is 28.7 Å². The molecule has 3 amide bonds. The first-order valence-electron chi connectivity index (χ1n) is 10.4. The molecule has 158 valence electrons. The maximum atomic E-state index is 13.8. The standard InChI is InChI=1S/C23H20ClN3O4/c1-31-14-8-9-16-15(11-14)23(22(30)25-16)19-18(17-3-2-10-26(17)23)20(28)27(21(19)29)13-6-4-12(24)5-7-13/h4-9,11,17-19H,2-3,10H2,1H3,(H,25,30)/t17-,18-,19-,23-/m1/s1. The Hall–Kier alpha value is -2.90. The van der Waals surface area contributed by atoms with E-state index in [9.17, 15) is 14.4 Å². The second-order valence-electron chi connectivity index (χ2n) is 8.53. The van der Waals surface area contributed by atoms with Crippen LogP contribution in [0.15, 0.2) is 42.5 Å². The fourth-order valence-electron chi connectivity index (χ4n) is 6.15. The molecule has 4 atom stereocenters. The molecule has 0 radical (unpaired) electrons. The van der Waals surface area contributed by atoms with Gasteiger partial charge < -0.3 is 10.1 Å². The summed E-state index contributed by atoms with van der Waals surface area (Å²) in [6.45, 7) is 0.670. The third-order valence-electron chi connectivity index (χ3n) is 7.28. The third kappa shape index (κ3) is 2.20. The number of carbonyl (C=O) groups excluding carboxylic acids is 3. The molecular formula is C23H20ClN3O4. The molecule has 8 heteroatoms. The Morgan fingerprint density at radius 1 is 1.10 bits per heavy atom. The summed E-state index contributed by atoms with van der Waals surface area (Å²) in [4.78, 5) is 44.3. The van der Waals surface area contributed by atoms with Crippen molar-refractivity contribution in [2.75, 3.05) is 23.9 Å². The summed E-state index contributed by atoms with van der Waals surface area (Å²) in [5, 5.41) is 3.49. The molecule has 1 spiro atoms. The SMILES string of the molecule is COc1ccc2c(c1)[C@]1(C(=O)N2)[C@H]2C(=O)N(c3ccc(Cl)cc3)C(=O)[C@@H]2[C@H]2CCCN21. The molecule has 0 unspecified atom stereocenters. The number of rotatable bonds is 2. The summed E-state index contributed by atoms with van der Waals surface area (Å²) in [6, 6.07) is 11.9. The second-order valence-corrected chi connectivity index (χ2v) is 8.96. The van der Waals surface area contributed by atoms with Gasteiger partial charge >= 0.3 is 0 Å². The number of anilines is 2. The van der Waals surface area contributed by atoms with Crippen LogP contribution in [0.4, 0.5) is 11.4 Å². The van der Waals surface area contributed by atoms with Gasteiger partial charge in [-0.1, -0.05) is 11.6 Å². The van der Waals surface area contributed by atoms with Crippen molar-refractivity contribution in [1.82, 2.24) is 4.90 Å². The van der Waals surface area contributed by atoms with Gasteiger partial charge in [-0.05, 0) is 61.9 Å². The van der Waals surface area contributed by atoms with Crippen LogP contribution in [0.1, 0.15) is 18.4 Å². The first-order valence-corrected chi connectivity index (χ1v) is 10.8. The highest BCUT2D eigenvalue weighted by Crippen LogP contribution is 2.61. The van der Waals surface area contributed by atoms with E-state index in [1.54, 1.807) is 43.5 Å². The average Bonchev–Trinajstić information content (AvgIpc) is 3.47. The molecule has 7 nitrogen and oxygen atoms in total. The topological polar surface area (TPSA) is 79.0 Å². The molecule has 3 fully saturated rings. The zero-order chi connectivity index (χ0) is 21.5. The number of halogens is 1. The number of hydrogen-bond acceptors (Lipinski definition) is 5. The zero-order valence-electron chi connectivity index (χ0n) is 16.8. The number of amides is 3. The lowest BCUT2D eigenvalue weighted by atomic mass is 9.75. The predicted octanol–water partition coefficient (Wildman–Crippen LogP) is 2.78. The quantitative estimate of drug-likeness (QED) is 0.731. The van der Waals surface area contributed by atoms with Crippen LogP contribution in [0.3, 0.4) is 0 Å². The molecule has 0 saturated carbocycles. The van der Waals surface area contributed by atoms with Crippen LogP contribution in [-0.4, -0.2) is 42.3 Å². The molecule has 0 aliphatic carbocycles. The van der Waals surface area contributed by atoms with Gasteiger partial charge in [-0.25, -0.2) is 4.90 Å². The second kappa shape index (κ2) is 6.31. The summed E-state index contributed by atoms with van der Waals surface area (Å²) in [5.74, 6) is -1.55. The number of benzene rings is 2. The van der Waals surface area contributed by atoms with Gasteiger partial charge in [-0.3, -0.25) is 19.3 Å². The number of carbonyl (C=O) groups is 3. The zero-order valence-corrected chi connectivity index (χ0v) is 17.6. The number of ether oxygens (including phenoxy) is 1. The Labute approximate surface area is 183 Å². The van der Waals surface area contributed by atoms with E-state index in [1.807, 2.05) is 6.07 Å². The first-order chi connectivity index (χ1) is 15.0. The summed E-state index contributed by atoms with van der Waals surface area (Å²) in [7, 11) is 1.57. The molecule has 4 aliphatic rings. The molecule has 6 rings (SSSR count). The number of hydrogen-bond donors (Lipinski definition) is 1. The van der Waals surface area contributed by atoms with Gasteiger partial charge in [0, 0.05) is 22.3 Å². The largest absolute Gasteiger partial charge is 0.497 e. The van der Waals surface area contributed by atoms with Crippen molar-refractivity contribution in [3.8, 4) is 5.75 Å². The van der Waals surface area contributed by atoms with E-state index in [1.165, 1.54) is 4.90 Å². The van der Waals surface area contributed by atoms with Gasteiger partial charge in [0.1, 0.15) is 11.3 Å². The predicted molar refractivity (Wildman–Crippen MR) is 114 cm³/mol. The van der Waals surface area contributed by atoms with Crippen LogP contribution in [0, 0.1) is 11.8 Å². The maximum absolute atomic E-state index is 13.8.